The predicted molar refractivity (Wildman–Crippen MR) is 68.9 cm³/mol. The molecule has 0 unspecified atom stereocenters. The first-order chi connectivity index (χ1) is 7.59. The molecule has 0 amide bonds. The van der Waals surface area contributed by atoms with Crippen LogP contribution in [0.1, 0.15) is 5.56 Å². The zero-order valence-electron chi connectivity index (χ0n) is 9.74. The quantitative estimate of drug-likeness (QED) is 0.477. The smallest absolute Gasteiger partial charge is 0.335 e. The lowest BCUT2D eigenvalue weighted by molar-refractivity contribution is -0.134. The van der Waals surface area contributed by atoms with Crippen LogP contribution in [-0.2, 0) is 9.59 Å². The molecule has 0 aliphatic rings. The minimum atomic E-state index is -1.28. The van der Waals surface area contributed by atoms with Gasteiger partial charge in [0.05, 0.1) is 5.57 Å². The molecule has 1 rings (SSSR count). The average molecular weight is 252 g/mol. The Morgan fingerprint density at radius 3 is 2.00 bits per heavy atom. The summed E-state index contributed by atoms with van der Waals surface area (Å²) in [6, 6.07) is 9.03. The Labute approximate surface area is 104 Å². The molecule has 0 saturated heterocycles. The molecular weight excluding hydrogens is 236 g/mol. The third-order valence-electron chi connectivity index (χ3n) is 1.78. The number of rotatable bonds is 4. The zero-order valence-corrected chi connectivity index (χ0v) is 9.74. The Kier molecular flexibility index (Phi) is 8.65. The molecule has 1 aromatic carbocycles. The molecule has 1 aromatic rings. The minimum absolute atomic E-state index is 0. The molecule has 18 heavy (non-hydrogen) atoms. The normalized spacial score (nSPS) is 10.3. The molecule has 0 aromatic heterocycles. The number of benzene rings is 1. The van der Waals surface area contributed by atoms with Crippen LogP contribution in [-0.4, -0.2) is 22.2 Å². The Balaban J connectivity index is 0. The summed E-state index contributed by atoms with van der Waals surface area (Å²) in [5.41, 5.74) is 0.538. The molecule has 0 aliphatic carbocycles. The first kappa shape index (κ1) is 17.9. The topological polar surface area (TPSA) is 145 Å². The molecule has 6 heteroatoms. The first-order valence-corrected chi connectivity index (χ1v) is 4.50. The van der Waals surface area contributed by atoms with E-state index in [1.807, 2.05) is 6.07 Å². The van der Waals surface area contributed by atoms with Gasteiger partial charge in [-0.1, -0.05) is 36.4 Å². The molecule has 8 N–H and O–H groups in total. The second-order valence-electron chi connectivity index (χ2n) is 2.99. The summed E-state index contributed by atoms with van der Waals surface area (Å²) >= 11 is 0. The van der Waals surface area contributed by atoms with Gasteiger partial charge >= 0.3 is 11.9 Å². The molecule has 0 bridgehead atoms. The van der Waals surface area contributed by atoms with E-state index < -0.39 is 11.9 Å². The van der Waals surface area contributed by atoms with Crippen LogP contribution in [0.5, 0.6) is 0 Å². The van der Waals surface area contributed by atoms with Crippen molar-refractivity contribution >= 4 is 18.0 Å². The molecule has 0 fully saturated rings. The molecule has 98 valence electrons. The summed E-state index contributed by atoms with van der Waals surface area (Å²) in [6.45, 7) is 0. The van der Waals surface area contributed by atoms with Gasteiger partial charge in [-0.15, -0.1) is 0 Å². The predicted octanol–water partition coefficient (Wildman–Crippen LogP) is 2.12. The molecule has 0 radical (unpaired) electrons. The second kappa shape index (κ2) is 8.68. The van der Waals surface area contributed by atoms with E-state index in [1.54, 1.807) is 30.3 Å². The highest BCUT2D eigenvalue weighted by Crippen LogP contribution is 2.05. The molecule has 0 atom stereocenters. The molecular formula is C12H16N2O4. The van der Waals surface area contributed by atoms with Crippen molar-refractivity contribution < 1.29 is 19.8 Å². The van der Waals surface area contributed by atoms with E-state index in [9.17, 15) is 9.59 Å². The van der Waals surface area contributed by atoms with Gasteiger partial charge in [0.2, 0.25) is 0 Å². The summed E-state index contributed by atoms with van der Waals surface area (Å²) in [5.74, 6) is -2.55. The van der Waals surface area contributed by atoms with Gasteiger partial charge in [0.15, 0.2) is 0 Å². The number of hydrogen-bond acceptors (Lipinski definition) is 4. The average Bonchev–Trinajstić information content (AvgIpc) is 2.25. The van der Waals surface area contributed by atoms with Gasteiger partial charge in [-0.25, -0.2) is 9.59 Å². The maximum Gasteiger partial charge on any atom is 0.335 e. The summed E-state index contributed by atoms with van der Waals surface area (Å²) in [4.78, 5) is 21.0. The van der Waals surface area contributed by atoms with E-state index in [-0.39, 0.29) is 17.9 Å². The van der Waals surface area contributed by atoms with E-state index >= 15 is 0 Å². The second-order valence-corrected chi connectivity index (χ2v) is 2.99. The fraction of sp³-hybridized carbons (Fsp3) is 0. The first-order valence-electron chi connectivity index (χ1n) is 4.50. The fourth-order valence-electron chi connectivity index (χ4n) is 1.06. The van der Waals surface area contributed by atoms with E-state index in [4.69, 9.17) is 10.2 Å². The van der Waals surface area contributed by atoms with Crippen molar-refractivity contribution in [1.82, 2.24) is 12.3 Å². The molecule has 0 saturated carbocycles. The summed E-state index contributed by atoms with van der Waals surface area (Å²) in [6.07, 6.45) is 3.45. The number of carboxylic acids is 2. The Morgan fingerprint density at radius 1 is 1.00 bits per heavy atom. The minimum Gasteiger partial charge on any atom is -0.478 e. The SMILES string of the molecule is N.N.O=C(O)/C=C(/C=C/c1ccccc1)C(=O)O. The maximum atomic E-state index is 10.7. The lowest BCUT2D eigenvalue weighted by Gasteiger charge is -1.94. The van der Waals surface area contributed by atoms with Crippen molar-refractivity contribution in [3.8, 4) is 0 Å². The van der Waals surface area contributed by atoms with Gasteiger partial charge in [0.25, 0.3) is 0 Å². The van der Waals surface area contributed by atoms with Crippen molar-refractivity contribution in [1.29, 1.82) is 0 Å². The van der Waals surface area contributed by atoms with Crippen LogP contribution in [0.4, 0.5) is 0 Å². The Hall–Kier alpha value is -2.44. The Morgan fingerprint density at radius 2 is 1.56 bits per heavy atom. The van der Waals surface area contributed by atoms with Gasteiger partial charge < -0.3 is 22.5 Å². The highest BCUT2D eigenvalue weighted by Gasteiger charge is 2.04. The van der Waals surface area contributed by atoms with Crippen molar-refractivity contribution in [3.05, 3.63) is 53.6 Å². The van der Waals surface area contributed by atoms with Crippen LogP contribution < -0.4 is 12.3 Å². The van der Waals surface area contributed by atoms with Crippen molar-refractivity contribution in [2.45, 2.75) is 0 Å². The van der Waals surface area contributed by atoms with Gasteiger partial charge in [0, 0.05) is 6.08 Å². The molecule has 0 spiro atoms. The van der Waals surface area contributed by atoms with E-state index in [0.717, 1.165) is 5.56 Å². The van der Waals surface area contributed by atoms with E-state index in [1.165, 1.54) is 6.08 Å². The van der Waals surface area contributed by atoms with Crippen LogP contribution in [0.3, 0.4) is 0 Å². The van der Waals surface area contributed by atoms with Gasteiger partial charge in [-0.2, -0.15) is 0 Å². The molecule has 0 aliphatic heterocycles. The fourth-order valence-corrected chi connectivity index (χ4v) is 1.06. The number of aliphatic carboxylic acids is 2. The Bertz CT molecular complexity index is 452. The van der Waals surface area contributed by atoms with E-state index in [0.29, 0.717) is 6.08 Å². The lowest BCUT2D eigenvalue weighted by Crippen LogP contribution is -2.01. The van der Waals surface area contributed by atoms with Crippen LogP contribution in [0.25, 0.3) is 6.08 Å². The van der Waals surface area contributed by atoms with Crippen LogP contribution in [0.15, 0.2) is 48.1 Å². The van der Waals surface area contributed by atoms with Crippen LogP contribution in [0.2, 0.25) is 0 Å². The van der Waals surface area contributed by atoms with Crippen LogP contribution >= 0.6 is 0 Å². The summed E-state index contributed by atoms with van der Waals surface area (Å²) < 4.78 is 0. The summed E-state index contributed by atoms with van der Waals surface area (Å²) in [5, 5.41) is 17.2. The lowest BCUT2D eigenvalue weighted by atomic mass is 10.1. The van der Waals surface area contributed by atoms with Crippen molar-refractivity contribution in [3.63, 3.8) is 0 Å². The number of hydrogen-bond donors (Lipinski definition) is 4. The van der Waals surface area contributed by atoms with E-state index in [2.05, 4.69) is 0 Å². The standard InChI is InChI=1S/C12H10O4.2H3N/c13-11(14)8-10(12(15)16)7-6-9-4-2-1-3-5-9;;/h1-8H,(H,13,14)(H,15,16);2*1H3/b7-6+,10-8-;;. The highest BCUT2D eigenvalue weighted by atomic mass is 16.4. The molecule has 6 nitrogen and oxygen atoms in total. The molecule has 0 heterocycles. The summed E-state index contributed by atoms with van der Waals surface area (Å²) in [7, 11) is 0. The van der Waals surface area contributed by atoms with Crippen molar-refractivity contribution in [2.75, 3.05) is 0 Å². The largest absolute Gasteiger partial charge is 0.478 e. The zero-order chi connectivity index (χ0) is 12.0. The number of carboxylic acid groups (broad SMARTS) is 2. The van der Waals surface area contributed by atoms with Crippen LogP contribution in [0, 0.1) is 0 Å². The third-order valence-corrected chi connectivity index (χ3v) is 1.78. The maximum absolute atomic E-state index is 10.7. The highest BCUT2D eigenvalue weighted by molar-refractivity contribution is 5.97. The number of carbonyl (C=O) groups is 2. The monoisotopic (exact) mass is 252 g/mol. The van der Waals surface area contributed by atoms with Gasteiger partial charge in [-0.05, 0) is 11.6 Å². The third kappa shape index (κ3) is 6.21. The van der Waals surface area contributed by atoms with Gasteiger partial charge in [-0.3, -0.25) is 0 Å². The van der Waals surface area contributed by atoms with Crippen molar-refractivity contribution in [2.24, 2.45) is 0 Å². The van der Waals surface area contributed by atoms with Gasteiger partial charge in [0.1, 0.15) is 0 Å².